The molecular formula is C29H36O9. The smallest absolute Gasteiger partial charge is 0.305 e. The summed E-state index contributed by atoms with van der Waals surface area (Å²) >= 11 is 0. The van der Waals surface area contributed by atoms with E-state index in [1.807, 2.05) is 20.8 Å². The molecule has 2 aliphatic carbocycles. The molecule has 0 radical (unpaired) electrons. The molecule has 38 heavy (non-hydrogen) atoms. The lowest BCUT2D eigenvalue weighted by atomic mass is 9.57. The maximum Gasteiger partial charge on any atom is 0.305 e. The maximum absolute atomic E-state index is 14.1. The van der Waals surface area contributed by atoms with Crippen LogP contribution < -0.4 is 0 Å². The van der Waals surface area contributed by atoms with Crippen molar-refractivity contribution >= 4 is 23.5 Å². The molecule has 9 nitrogen and oxygen atoms in total. The lowest BCUT2D eigenvalue weighted by Crippen LogP contribution is -2.60. The van der Waals surface area contributed by atoms with Crippen LogP contribution >= 0.6 is 0 Å². The third-order valence-electron chi connectivity index (χ3n) is 8.65. The average Bonchev–Trinajstić information content (AvgIpc) is 3.39. The number of ether oxygens (including phenoxy) is 3. The summed E-state index contributed by atoms with van der Waals surface area (Å²) in [4.78, 5) is 52.1. The van der Waals surface area contributed by atoms with E-state index < -0.39 is 52.3 Å². The number of esters is 2. The summed E-state index contributed by atoms with van der Waals surface area (Å²) in [5, 5.41) is 12.0. The van der Waals surface area contributed by atoms with Gasteiger partial charge in [0.1, 0.15) is 0 Å². The Labute approximate surface area is 222 Å². The van der Waals surface area contributed by atoms with Gasteiger partial charge >= 0.3 is 11.9 Å². The predicted octanol–water partition coefficient (Wildman–Crippen LogP) is 3.66. The van der Waals surface area contributed by atoms with Gasteiger partial charge in [0, 0.05) is 41.4 Å². The highest BCUT2D eigenvalue weighted by atomic mass is 16.6. The van der Waals surface area contributed by atoms with Crippen LogP contribution in [0.3, 0.4) is 0 Å². The van der Waals surface area contributed by atoms with Gasteiger partial charge in [-0.15, -0.1) is 0 Å². The Kier molecular flexibility index (Phi) is 7.31. The van der Waals surface area contributed by atoms with Gasteiger partial charge in [-0.3, -0.25) is 19.2 Å². The second-order valence-electron chi connectivity index (χ2n) is 11.5. The zero-order valence-corrected chi connectivity index (χ0v) is 22.7. The van der Waals surface area contributed by atoms with Crippen molar-refractivity contribution in [3.05, 3.63) is 47.5 Å². The number of carbonyl (C=O) groups excluding carboxylic acids is 4. The summed E-state index contributed by atoms with van der Waals surface area (Å²) in [6.45, 7) is 8.68. The molecule has 1 saturated carbocycles. The zero-order chi connectivity index (χ0) is 28.0. The van der Waals surface area contributed by atoms with Gasteiger partial charge in [0.25, 0.3) is 0 Å². The normalized spacial score (nSPS) is 33.5. The molecule has 0 saturated heterocycles. The molecule has 1 aromatic rings. The van der Waals surface area contributed by atoms with Crippen molar-refractivity contribution in [2.75, 3.05) is 13.7 Å². The largest absolute Gasteiger partial charge is 0.472 e. The molecule has 1 fully saturated rings. The van der Waals surface area contributed by atoms with Gasteiger partial charge in [0.2, 0.25) is 0 Å². The van der Waals surface area contributed by atoms with E-state index in [1.54, 1.807) is 31.4 Å². The van der Waals surface area contributed by atoms with Gasteiger partial charge in [-0.2, -0.15) is 0 Å². The minimum absolute atomic E-state index is 0.0300. The van der Waals surface area contributed by atoms with Gasteiger partial charge in [-0.1, -0.05) is 39.8 Å². The van der Waals surface area contributed by atoms with Crippen molar-refractivity contribution < 1.29 is 42.9 Å². The molecule has 0 bridgehead atoms. The molecule has 0 spiro atoms. The maximum atomic E-state index is 14.1. The number of allylic oxidation sites excluding steroid dienone is 1. The first kappa shape index (κ1) is 28.0. The Morgan fingerprint density at radius 3 is 2.53 bits per heavy atom. The summed E-state index contributed by atoms with van der Waals surface area (Å²) in [7, 11) is 1.29. The molecule has 3 aliphatic rings. The zero-order valence-electron chi connectivity index (χ0n) is 22.7. The second-order valence-corrected chi connectivity index (χ2v) is 11.5. The van der Waals surface area contributed by atoms with Crippen molar-refractivity contribution in [1.82, 2.24) is 0 Å². The number of hydrogen-bond acceptors (Lipinski definition) is 9. The summed E-state index contributed by atoms with van der Waals surface area (Å²) in [6, 6.07) is 1.78. The number of aliphatic hydroxyl groups is 1. The van der Waals surface area contributed by atoms with Gasteiger partial charge in [0.15, 0.2) is 23.3 Å². The van der Waals surface area contributed by atoms with Crippen molar-refractivity contribution in [3.8, 4) is 0 Å². The fourth-order valence-electron chi connectivity index (χ4n) is 6.50. The fourth-order valence-corrected chi connectivity index (χ4v) is 6.50. The summed E-state index contributed by atoms with van der Waals surface area (Å²) < 4.78 is 21.7. The number of hydrogen-bond donors (Lipinski definition) is 1. The Hall–Kier alpha value is -3.04. The predicted molar refractivity (Wildman–Crippen MR) is 134 cm³/mol. The molecule has 1 aliphatic heterocycles. The van der Waals surface area contributed by atoms with Crippen molar-refractivity contribution in [2.24, 2.45) is 22.7 Å². The number of Topliss-reactive ketones (excluding diaryl/α,β-unsaturated/α-hetero) is 2. The van der Waals surface area contributed by atoms with Crippen LogP contribution in [0.25, 0.3) is 0 Å². The van der Waals surface area contributed by atoms with Crippen LogP contribution in [0.1, 0.15) is 65.5 Å². The van der Waals surface area contributed by atoms with Crippen LogP contribution in [0.15, 0.2) is 46.3 Å². The number of rotatable bonds is 6. The van der Waals surface area contributed by atoms with E-state index in [4.69, 9.17) is 18.6 Å². The number of furan rings is 1. The summed E-state index contributed by atoms with van der Waals surface area (Å²) in [6.07, 6.45) is 4.76. The Morgan fingerprint density at radius 2 is 1.92 bits per heavy atom. The lowest BCUT2D eigenvalue weighted by molar-refractivity contribution is -0.173. The number of ketones is 2. The van der Waals surface area contributed by atoms with Crippen LogP contribution in [-0.2, 0) is 33.4 Å². The highest BCUT2D eigenvalue weighted by Crippen LogP contribution is 2.55. The Bertz CT molecular complexity index is 1190. The highest BCUT2D eigenvalue weighted by Gasteiger charge is 2.60. The molecule has 6 atom stereocenters. The van der Waals surface area contributed by atoms with E-state index >= 15 is 0 Å². The number of methoxy groups -OCH3 is 1. The molecule has 1 N–H and O–H groups in total. The average molecular weight is 529 g/mol. The van der Waals surface area contributed by atoms with Crippen LogP contribution in [0.2, 0.25) is 0 Å². The standard InChI is InChI=1S/C29H36O9/c1-16-21(13-22(31)35-6)27(3,4)14-19(23(16)32)26(38-17(2)30)29(34)10-9-28(5)20(24(29)33)8-12-37-25(28)18-7-11-36-15-18/h7-8,11,14-16,21,25-26,34H,9-10,12-13H2,1-6H3. The van der Waals surface area contributed by atoms with Gasteiger partial charge in [-0.25, -0.2) is 0 Å². The molecule has 1 aromatic heterocycles. The SMILES string of the molecule is COC(=O)CC1C(C)C(=O)C(C(OC(C)=O)C2(O)CCC3(C)C(=CCOC3c3ccoc3)C2=O)=CC1(C)C. The fraction of sp³-hybridized carbons (Fsp3) is 0.586. The van der Waals surface area contributed by atoms with Crippen molar-refractivity contribution in [1.29, 1.82) is 0 Å². The molecule has 206 valence electrons. The van der Waals surface area contributed by atoms with Crippen LogP contribution in [0, 0.1) is 22.7 Å². The first-order valence-electron chi connectivity index (χ1n) is 12.9. The van der Waals surface area contributed by atoms with Crippen molar-refractivity contribution in [3.63, 3.8) is 0 Å². The van der Waals surface area contributed by atoms with Crippen LogP contribution in [-0.4, -0.2) is 54.0 Å². The minimum Gasteiger partial charge on any atom is -0.472 e. The van der Waals surface area contributed by atoms with Crippen LogP contribution in [0.4, 0.5) is 0 Å². The van der Waals surface area contributed by atoms with E-state index in [-0.39, 0.29) is 36.7 Å². The third-order valence-corrected chi connectivity index (χ3v) is 8.65. The topological polar surface area (TPSA) is 129 Å². The number of fused-ring (bicyclic) bond motifs is 1. The quantitative estimate of drug-likeness (QED) is 0.550. The summed E-state index contributed by atoms with van der Waals surface area (Å²) in [5.74, 6) is -3.14. The Morgan fingerprint density at radius 1 is 1.21 bits per heavy atom. The molecule has 6 unspecified atom stereocenters. The van der Waals surface area contributed by atoms with E-state index in [0.29, 0.717) is 12.0 Å². The Balaban J connectivity index is 1.75. The van der Waals surface area contributed by atoms with E-state index in [0.717, 1.165) is 5.56 Å². The van der Waals surface area contributed by atoms with Gasteiger partial charge in [-0.05, 0) is 30.2 Å². The molecular weight excluding hydrogens is 492 g/mol. The van der Waals surface area contributed by atoms with E-state index in [1.165, 1.54) is 20.3 Å². The molecule has 2 heterocycles. The van der Waals surface area contributed by atoms with E-state index in [2.05, 4.69) is 0 Å². The van der Waals surface area contributed by atoms with E-state index in [9.17, 15) is 24.3 Å². The van der Waals surface area contributed by atoms with Gasteiger partial charge in [0.05, 0.1) is 32.3 Å². The third kappa shape index (κ3) is 4.56. The second kappa shape index (κ2) is 9.93. The number of carbonyl (C=O) groups is 4. The van der Waals surface area contributed by atoms with Crippen LogP contribution in [0.5, 0.6) is 0 Å². The molecule has 4 rings (SSSR count). The highest BCUT2D eigenvalue weighted by molar-refractivity contribution is 6.07. The lowest BCUT2D eigenvalue weighted by Gasteiger charge is -2.50. The first-order chi connectivity index (χ1) is 17.8. The monoisotopic (exact) mass is 528 g/mol. The first-order valence-corrected chi connectivity index (χ1v) is 12.9. The van der Waals surface area contributed by atoms with Gasteiger partial charge < -0.3 is 23.7 Å². The van der Waals surface area contributed by atoms with Crippen molar-refractivity contribution in [2.45, 2.75) is 71.7 Å². The molecule has 9 heteroatoms. The minimum atomic E-state index is -2.15. The molecule has 0 amide bonds. The summed E-state index contributed by atoms with van der Waals surface area (Å²) in [5.41, 5.74) is -2.37. The molecule has 0 aromatic carbocycles.